The van der Waals surface area contributed by atoms with Gasteiger partial charge in [-0.15, -0.1) is 11.3 Å². The number of aryl methyl sites for hydroxylation is 2. The van der Waals surface area contributed by atoms with Crippen LogP contribution in [0.2, 0.25) is 0 Å². The van der Waals surface area contributed by atoms with Crippen LogP contribution in [-0.2, 0) is 16.1 Å². The Balaban J connectivity index is 1.45. The Morgan fingerprint density at radius 2 is 1.60 bits per heavy atom. The van der Waals surface area contributed by atoms with Gasteiger partial charge in [0.2, 0.25) is 11.8 Å². The zero-order valence-electron chi connectivity index (χ0n) is 25.2. The number of aromatic nitrogens is 3. The summed E-state index contributed by atoms with van der Waals surface area (Å²) in [6, 6.07) is 19.7. The topological polar surface area (TPSA) is 91.3 Å². The van der Waals surface area contributed by atoms with Crippen molar-refractivity contribution in [2.24, 2.45) is 0 Å². The average molecular weight is 615 g/mol. The van der Waals surface area contributed by atoms with Gasteiger partial charge in [-0.3, -0.25) is 9.59 Å². The Hall–Kier alpha value is -3.76. The van der Waals surface area contributed by atoms with Gasteiger partial charge in [0.15, 0.2) is 5.16 Å². The SMILES string of the molecule is Cc1cc(C)nc(SCC(=O)N(Cc2nc(-c3ccccc3)cs2)C2(C(=O)Nc3ccc(N(C)C)cc3)CCCCC2)n1. The molecule has 1 N–H and O–H groups in total. The Bertz CT molecular complexity index is 1530. The molecule has 1 aliphatic rings. The van der Waals surface area contributed by atoms with Crippen LogP contribution >= 0.6 is 23.1 Å². The van der Waals surface area contributed by atoms with Crippen molar-refractivity contribution in [3.63, 3.8) is 0 Å². The summed E-state index contributed by atoms with van der Waals surface area (Å²) in [5.74, 6) is -0.137. The summed E-state index contributed by atoms with van der Waals surface area (Å²) < 4.78 is 0. The quantitative estimate of drug-likeness (QED) is 0.156. The molecule has 5 rings (SSSR count). The smallest absolute Gasteiger partial charge is 0.250 e. The molecule has 10 heteroatoms. The maximum absolute atomic E-state index is 14.3. The number of hydrogen-bond acceptors (Lipinski definition) is 8. The van der Waals surface area contributed by atoms with Crippen LogP contribution in [0.3, 0.4) is 0 Å². The van der Waals surface area contributed by atoms with E-state index in [1.54, 1.807) is 4.90 Å². The van der Waals surface area contributed by atoms with Gasteiger partial charge < -0.3 is 15.1 Å². The van der Waals surface area contributed by atoms with Crippen molar-refractivity contribution < 1.29 is 9.59 Å². The molecule has 1 saturated carbocycles. The third kappa shape index (κ3) is 7.43. The number of benzene rings is 2. The molecule has 0 atom stereocenters. The predicted molar refractivity (Wildman–Crippen MR) is 176 cm³/mol. The third-order valence-electron chi connectivity index (χ3n) is 7.76. The van der Waals surface area contributed by atoms with E-state index in [1.165, 1.54) is 23.1 Å². The molecule has 8 nitrogen and oxygen atoms in total. The number of hydrogen-bond donors (Lipinski definition) is 1. The van der Waals surface area contributed by atoms with E-state index in [1.807, 2.05) is 98.9 Å². The van der Waals surface area contributed by atoms with Gasteiger partial charge in [-0.05, 0) is 57.0 Å². The minimum Gasteiger partial charge on any atom is -0.378 e. The number of carbonyl (C=O) groups is 2. The first-order chi connectivity index (χ1) is 20.7. The van der Waals surface area contributed by atoms with Crippen molar-refractivity contribution in [1.82, 2.24) is 19.9 Å². The molecule has 0 unspecified atom stereocenters. The van der Waals surface area contributed by atoms with Gasteiger partial charge in [-0.1, -0.05) is 61.4 Å². The van der Waals surface area contributed by atoms with Gasteiger partial charge in [0.25, 0.3) is 0 Å². The van der Waals surface area contributed by atoms with Gasteiger partial charge >= 0.3 is 0 Å². The second kappa shape index (κ2) is 13.7. The Kier molecular flexibility index (Phi) is 9.77. The van der Waals surface area contributed by atoms with Crippen LogP contribution < -0.4 is 10.2 Å². The first-order valence-corrected chi connectivity index (χ1v) is 16.4. The number of rotatable bonds is 10. The molecule has 0 radical (unpaired) electrons. The van der Waals surface area contributed by atoms with Gasteiger partial charge in [-0.2, -0.15) is 0 Å². The Labute approximate surface area is 262 Å². The highest BCUT2D eigenvalue weighted by molar-refractivity contribution is 7.99. The zero-order chi connectivity index (χ0) is 30.4. The monoisotopic (exact) mass is 614 g/mol. The minimum atomic E-state index is -0.988. The molecular formula is C33H38N6O2S2. The van der Waals surface area contributed by atoms with Gasteiger partial charge in [0.1, 0.15) is 10.5 Å². The van der Waals surface area contributed by atoms with Crippen LogP contribution in [0.5, 0.6) is 0 Å². The molecule has 2 amide bonds. The highest BCUT2D eigenvalue weighted by atomic mass is 32.2. The molecule has 1 aliphatic carbocycles. The summed E-state index contributed by atoms with van der Waals surface area (Å²) in [7, 11) is 3.97. The van der Waals surface area contributed by atoms with Gasteiger partial charge in [0, 0.05) is 47.8 Å². The number of nitrogens with one attached hydrogen (secondary N) is 1. The van der Waals surface area contributed by atoms with Crippen LogP contribution in [0, 0.1) is 13.8 Å². The predicted octanol–water partition coefficient (Wildman–Crippen LogP) is 6.75. The lowest BCUT2D eigenvalue weighted by molar-refractivity contribution is -0.146. The fraction of sp³-hybridized carbons (Fsp3) is 0.364. The van der Waals surface area contributed by atoms with E-state index in [0.29, 0.717) is 23.7 Å². The minimum absolute atomic E-state index is 0.121. The number of thiazole rings is 1. The number of nitrogens with zero attached hydrogens (tertiary/aromatic N) is 5. The van der Waals surface area contributed by atoms with Crippen LogP contribution in [-0.4, -0.2) is 57.1 Å². The molecular weight excluding hydrogens is 577 g/mol. The lowest BCUT2D eigenvalue weighted by atomic mass is 9.79. The van der Waals surface area contributed by atoms with Crippen LogP contribution in [0.1, 0.15) is 48.5 Å². The van der Waals surface area contributed by atoms with Crippen LogP contribution in [0.15, 0.2) is 71.2 Å². The fourth-order valence-electron chi connectivity index (χ4n) is 5.55. The largest absolute Gasteiger partial charge is 0.378 e. The van der Waals surface area contributed by atoms with Gasteiger partial charge in [0.05, 0.1) is 18.0 Å². The van der Waals surface area contributed by atoms with E-state index in [0.717, 1.165) is 52.6 Å². The maximum Gasteiger partial charge on any atom is 0.250 e. The Morgan fingerprint density at radius 3 is 2.26 bits per heavy atom. The maximum atomic E-state index is 14.3. The number of thioether (sulfide) groups is 1. The van der Waals surface area contributed by atoms with Crippen molar-refractivity contribution in [3.8, 4) is 11.3 Å². The average Bonchev–Trinajstić information content (AvgIpc) is 3.48. The normalized spacial score (nSPS) is 14.2. The van der Waals surface area contributed by atoms with E-state index in [2.05, 4.69) is 15.3 Å². The van der Waals surface area contributed by atoms with Crippen molar-refractivity contribution in [2.75, 3.05) is 30.1 Å². The fourth-order valence-corrected chi connectivity index (χ4v) is 7.16. The molecule has 0 spiro atoms. The first kappa shape index (κ1) is 30.7. The lowest BCUT2D eigenvalue weighted by Gasteiger charge is -2.44. The molecule has 0 bridgehead atoms. The summed E-state index contributed by atoms with van der Waals surface area (Å²) in [5.41, 5.74) is 4.39. The van der Waals surface area contributed by atoms with E-state index >= 15 is 0 Å². The molecule has 2 aromatic carbocycles. The highest BCUT2D eigenvalue weighted by Gasteiger charge is 2.47. The standard InChI is InChI=1S/C33H38N6O2S2/c1-23-19-24(2)35-32(34-23)43-22-30(40)39(20-29-37-28(21-42-29)25-11-7-5-8-12-25)33(17-9-6-10-18-33)31(41)36-26-13-15-27(16-14-26)38(3)4/h5,7-8,11-16,19,21H,6,9-10,17-18,20,22H2,1-4H3,(H,36,41). The van der Waals surface area contributed by atoms with Crippen molar-refractivity contribution in [3.05, 3.63) is 82.4 Å². The summed E-state index contributed by atoms with van der Waals surface area (Å²) in [6.07, 6.45) is 3.98. The summed E-state index contributed by atoms with van der Waals surface area (Å²) in [4.78, 5) is 46.2. The first-order valence-electron chi connectivity index (χ1n) is 14.6. The Morgan fingerprint density at radius 1 is 0.930 bits per heavy atom. The zero-order valence-corrected chi connectivity index (χ0v) is 26.8. The van der Waals surface area contributed by atoms with E-state index in [-0.39, 0.29) is 24.1 Å². The van der Waals surface area contributed by atoms with Crippen LogP contribution in [0.25, 0.3) is 11.3 Å². The number of anilines is 2. The second-order valence-corrected chi connectivity index (χ2v) is 13.1. The number of carbonyl (C=O) groups excluding carboxylic acids is 2. The second-order valence-electron chi connectivity index (χ2n) is 11.2. The van der Waals surface area contributed by atoms with E-state index in [9.17, 15) is 9.59 Å². The summed E-state index contributed by atoms with van der Waals surface area (Å²) >= 11 is 2.83. The van der Waals surface area contributed by atoms with E-state index in [4.69, 9.17) is 4.98 Å². The molecule has 2 heterocycles. The molecule has 0 saturated heterocycles. The van der Waals surface area contributed by atoms with Crippen molar-refractivity contribution >= 4 is 46.3 Å². The third-order valence-corrected chi connectivity index (χ3v) is 9.43. The highest BCUT2D eigenvalue weighted by Crippen LogP contribution is 2.38. The molecule has 43 heavy (non-hydrogen) atoms. The van der Waals surface area contributed by atoms with Crippen LogP contribution in [0.4, 0.5) is 11.4 Å². The van der Waals surface area contributed by atoms with Crippen molar-refractivity contribution in [2.45, 2.75) is 63.2 Å². The molecule has 1 fully saturated rings. The number of amides is 2. The summed E-state index contributed by atoms with van der Waals surface area (Å²) in [6.45, 7) is 4.11. The van der Waals surface area contributed by atoms with Crippen molar-refractivity contribution in [1.29, 1.82) is 0 Å². The van der Waals surface area contributed by atoms with E-state index < -0.39 is 5.54 Å². The molecule has 4 aromatic rings. The molecule has 224 valence electrons. The van der Waals surface area contributed by atoms with Gasteiger partial charge in [-0.25, -0.2) is 15.0 Å². The molecule has 0 aliphatic heterocycles. The summed E-state index contributed by atoms with van der Waals surface area (Å²) in [5, 5.41) is 6.54. The lowest BCUT2D eigenvalue weighted by Crippen LogP contribution is -2.60. The molecule has 2 aromatic heterocycles.